The van der Waals surface area contributed by atoms with Gasteiger partial charge in [-0.25, -0.2) is 0 Å². The molecule has 1 N–H and O–H groups in total. The van der Waals surface area contributed by atoms with E-state index in [1.165, 1.54) is 0 Å². The molecule has 1 aliphatic carbocycles. The van der Waals surface area contributed by atoms with E-state index in [-0.39, 0.29) is 5.78 Å². The molecule has 0 aliphatic heterocycles. The van der Waals surface area contributed by atoms with Crippen LogP contribution in [0.5, 0.6) is 0 Å². The fourth-order valence-corrected chi connectivity index (χ4v) is 2.45. The van der Waals surface area contributed by atoms with Crippen LogP contribution >= 0.6 is 0 Å². The Balaban J connectivity index is 1.87. The number of carboxylic acids is 1. The van der Waals surface area contributed by atoms with Crippen molar-refractivity contribution in [2.75, 3.05) is 0 Å². The lowest BCUT2D eigenvalue weighted by molar-refractivity contribution is -0.140. The van der Waals surface area contributed by atoms with Crippen LogP contribution in [0.25, 0.3) is 0 Å². The lowest BCUT2D eigenvalue weighted by Crippen LogP contribution is -2.19. The van der Waals surface area contributed by atoms with Crippen molar-refractivity contribution in [3.05, 3.63) is 71.3 Å². The van der Waals surface area contributed by atoms with E-state index < -0.39 is 11.4 Å². The van der Waals surface area contributed by atoms with Gasteiger partial charge in [-0.2, -0.15) is 0 Å². The Hall–Kier alpha value is -2.42. The van der Waals surface area contributed by atoms with Gasteiger partial charge in [0, 0.05) is 11.1 Å². The first-order chi connectivity index (χ1) is 9.63. The van der Waals surface area contributed by atoms with Crippen LogP contribution in [0.1, 0.15) is 34.3 Å². The average Bonchev–Trinajstić information content (AvgIpc) is 3.29. The highest BCUT2D eigenvalue weighted by atomic mass is 16.4. The number of benzene rings is 2. The Morgan fingerprint density at radius 2 is 1.40 bits per heavy atom. The highest BCUT2D eigenvalue weighted by molar-refractivity contribution is 6.09. The van der Waals surface area contributed by atoms with Crippen LogP contribution in [0.3, 0.4) is 0 Å². The summed E-state index contributed by atoms with van der Waals surface area (Å²) in [6.07, 6.45) is 1.35. The maximum atomic E-state index is 12.2. The molecule has 2 aromatic carbocycles. The molecule has 0 unspecified atom stereocenters. The van der Waals surface area contributed by atoms with E-state index in [9.17, 15) is 14.7 Å². The molecule has 1 fully saturated rings. The number of carbonyl (C=O) groups excluding carboxylic acids is 1. The lowest BCUT2D eigenvalue weighted by atomic mass is 9.93. The van der Waals surface area contributed by atoms with Gasteiger partial charge in [-0.3, -0.25) is 9.59 Å². The average molecular weight is 266 g/mol. The molecule has 0 amide bonds. The lowest BCUT2D eigenvalue weighted by Gasteiger charge is -2.10. The smallest absolute Gasteiger partial charge is 0.314 e. The summed E-state index contributed by atoms with van der Waals surface area (Å²) in [6, 6.07) is 16.0. The van der Waals surface area contributed by atoms with E-state index in [2.05, 4.69) is 0 Å². The number of carboxylic acid groups (broad SMARTS) is 1. The predicted octanol–water partition coefficient (Wildman–Crippen LogP) is 3.03. The van der Waals surface area contributed by atoms with Crippen molar-refractivity contribution in [3.63, 3.8) is 0 Å². The third kappa shape index (κ3) is 2.01. The van der Waals surface area contributed by atoms with E-state index in [1.807, 2.05) is 18.2 Å². The molecular weight excluding hydrogens is 252 g/mol. The molecular formula is C17H14O3. The second-order valence-electron chi connectivity index (χ2n) is 5.16. The topological polar surface area (TPSA) is 54.4 Å². The van der Waals surface area contributed by atoms with Gasteiger partial charge >= 0.3 is 5.97 Å². The third-order valence-electron chi connectivity index (χ3n) is 3.90. The van der Waals surface area contributed by atoms with Crippen molar-refractivity contribution in [1.82, 2.24) is 0 Å². The first-order valence-corrected chi connectivity index (χ1v) is 6.57. The zero-order chi connectivity index (χ0) is 14.2. The minimum Gasteiger partial charge on any atom is -0.481 e. The fraction of sp³-hybridized carbons (Fsp3) is 0.176. The Kier molecular flexibility index (Phi) is 2.90. The van der Waals surface area contributed by atoms with Crippen LogP contribution in [0.4, 0.5) is 0 Å². The van der Waals surface area contributed by atoms with Crippen molar-refractivity contribution in [2.45, 2.75) is 18.3 Å². The number of ketones is 1. The summed E-state index contributed by atoms with van der Waals surface area (Å²) in [7, 11) is 0. The number of rotatable bonds is 4. The molecule has 3 heteroatoms. The van der Waals surface area contributed by atoms with Crippen LogP contribution in [0, 0.1) is 0 Å². The van der Waals surface area contributed by atoms with Crippen molar-refractivity contribution in [3.8, 4) is 0 Å². The summed E-state index contributed by atoms with van der Waals surface area (Å²) < 4.78 is 0. The van der Waals surface area contributed by atoms with Crippen LogP contribution < -0.4 is 0 Å². The van der Waals surface area contributed by atoms with Crippen LogP contribution in [-0.2, 0) is 10.2 Å². The molecule has 1 saturated carbocycles. The number of hydrogen-bond donors (Lipinski definition) is 1. The maximum Gasteiger partial charge on any atom is 0.314 e. The second kappa shape index (κ2) is 4.60. The van der Waals surface area contributed by atoms with Gasteiger partial charge < -0.3 is 5.11 Å². The number of carbonyl (C=O) groups is 2. The number of aliphatic carboxylic acids is 1. The van der Waals surface area contributed by atoms with Gasteiger partial charge in [-0.15, -0.1) is 0 Å². The minimum atomic E-state index is -0.778. The molecule has 0 saturated heterocycles. The molecule has 0 bridgehead atoms. The van der Waals surface area contributed by atoms with Gasteiger partial charge in [0.05, 0.1) is 5.41 Å². The van der Waals surface area contributed by atoms with E-state index >= 15 is 0 Å². The SMILES string of the molecule is O=C(c1ccccc1)c1ccc(C2(C(=O)O)CC2)cc1. The highest BCUT2D eigenvalue weighted by Gasteiger charge is 2.51. The van der Waals surface area contributed by atoms with E-state index in [4.69, 9.17) is 0 Å². The van der Waals surface area contributed by atoms with Crippen LogP contribution in [0.2, 0.25) is 0 Å². The standard InChI is InChI=1S/C17H14O3/c18-15(12-4-2-1-3-5-12)13-6-8-14(9-7-13)17(10-11-17)16(19)20/h1-9H,10-11H2,(H,19,20). The normalized spacial score (nSPS) is 15.6. The molecule has 1 aliphatic rings. The van der Waals surface area contributed by atoms with Gasteiger partial charge in [0.15, 0.2) is 5.78 Å². The first-order valence-electron chi connectivity index (χ1n) is 6.57. The van der Waals surface area contributed by atoms with Gasteiger partial charge in [0.1, 0.15) is 0 Å². The molecule has 20 heavy (non-hydrogen) atoms. The largest absolute Gasteiger partial charge is 0.481 e. The van der Waals surface area contributed by atoms with Crippen molar-refractivity contribution in [2.24, 2.45) is 0 Å². The molecule has 0 aromatic heterocycles. The third-order valence-corrected chi connectivity index (χ3v) is 3.90. The van der Waals surface area contributed by atoms with Gasteiger partial charge in [0.25, 0.3) is 0 Å². The molecule has 0 heterocycles. The summed E-state index contributed by atoms with van der Waals surface area (Å²) in [6.45, 7) is 0. The Bertz CT molecular complexity index is 652. The van der Waals surface area contributed by atoms with E-state index in [0.717, 1.165) is 5.56 Å². The highest BCUT2D eigenvalue weighted by Crippen LogP contribution is 2.48. The van der Waals surface area contributed by atoms with Crippen LogP contribution in [0.15, 0.2) is 54.6 Å². The number of hydrogen-bond acceptors (Lipinski definition) is 2. The molecule has 0 atom stereocenters. The molecule has 3 rings (SSSR count). The molecule has 0 radical (unpaired) electrons. The summed E-state index contributed by atoms with van der Waals surface area (Å²) in [4.78, 5) is 23.5. The summed E-state index contributed by atoms with van der Waals surface area (Å²) in [5.41, 5.74) is 1.30. The zero-order valence-corrected chi connectivity index (χ0v) is 10.9. The van der Waals surface area contributed by atoms with Crippen molar-refractivity contribution in [1.29, 1.82) is 0 Å². The second-order valence-corrected chi connectivity index (χ2v) is 5.16. The van der Waals surface area contributed by atoms with Gasteiger partial charge in [-0.05, 0) is 18.4 Å². The van der Waals surface area contributed by atoms with Crippen LogP contribution in [-0.4, -0.2) is 16.9 Å². The Morgan fingerprint density at radius 3 is 1.90 bits per heavy atom. The van der Waals surface area contributed by atoms with Crippen molar-refractivity contribution >= 4 is 11.8 Å². The molecule has 0 spiro atoms. The van der Waals surface area contributed by atoms with E-state index in [1.54, 1.807) is 36.4 Å². The van der Waals surface area contributed by atoms with Gasteiger partial charge in [0.2, 0.25) is 0 Å². The molecule has 3 nitrogen and oxygen atoms in total. The molecule has 100 valence electrons. The summed E-state index contributed by atoms with van der Waals surface area (Å²) in [5.74, 6) is -0.822. The quantitative estimate of drug-likeness (QED) is 0.865. The first kappa shape index (κ1) is 12.6. The van der Waals surface area contributed by atoms with Crippen molar-refractivity contribution < 1.29 is 14.7 Å². The monoisotopic (exact) mass is 266 g/mol. The Morgan fingerprint density at radius 1 is 0.850 bits per heavy atom. The zero-order valence-electron chi connectivity index (χ0n) is 10.9. The fourth-order valence-electron chi connectivity index (χ4n) is 2.45. The van der Waals surface area contributed by atoms with Gasteiger partial charge in [-0.1, -0.05) is 54.6 Å². The minimum absolute atomic E-state index is 0.0441. The predicted molar refractivity (Wildman–Crippen MR) is 74.9 cm³/mol. The summed E-state index contributed by atoms with van der Waals surface area (Å²) >= 11 is 0. The summed E-state index contributed by atoms with van der Waals surface area (Å²) in [5, 5.41) is 9.25. The Labute approximate surface area is 116 Å². The maximum absolute atomic E-state index is 12.2. The molecule has 2 aromatic rings. The van der Waals surface area contributed by atoms with E-state index in [0.29, 0.717) is 24.0 Å².